The first-order valence-electron chi connectivity index (χ1n) is 6.56. The molecule has 1 saturated heterocycles. The largest absolute Gasteiger partial charge is 0.317 e. The van der Waals surface area contributed by atoms with Gasteiger partial charge in [0, 0.05) is 0 Å². The lowest BCUT2D eigenvalue weighted by molar-refractivity contribution is -0.114. The number of hydrogen-bond donors (Lipinski definition) is 1. The van der Waals surface area contributed by atoms with Gasteiger partial charge in [-0.3, -0.25) is 4.79 Å². The first kappa shape index (κ1) is 15.1. The molecule has 1 aromatic carbocycles. The molecule has 1 aliphatic heterocycles. The summed E-state index contributed by atoms with van der Waals surface area (Å²) in [4.78, 5) is 11.3. The van der Waals surface area contributed by atoms with Crippen LogP contribution in [0.15, 0.2) is 24.3 Å². The molecular weight excluding hydrogens is 281 g/mol. The number of carbonyl (C=O) groups excluding carboxylic acids is 1. The van der Waals surface area contributed by atoms with Crippen LogP contribution >= 0.6 is 0 Å². The van der Waals surface area contributed by atoms with E-state index in [1.807, 2.05) is 0 Å². The molecule has 1 aromatic rings. The molecule has 110 valence electrons. The summed E-state index contributed by atoms with van der Waals surface area (Å²) < 4.78 is 37.3. The van der Waals surface area contributed by atoms with E-state index in [9.17, 15) is 17.6 Å². The SMILES string of the molecule is CC(=O)CS(=O)(=O)C1(c2ccc(F)cc2)CCNCC1. The van der Waals surface area contributed by atoms with E-state index in [0.29, 0.717) is 31.5 Å². The molecule has 0 bridgehead atoms. The van der Waals surface area contributed by atoms with Crippen molar-refractivity contribution in [2.45, 2.75) is 24.5 Å². The molecule has 0 aliphatic carbocycles. The summed E-state index contributed by atoms with van der Waals surface area (Å²) in [6.45, 7) is 2.40. The van der Waals surface area contributed by atoms with Crippen LogP contribution in [0.2, 0.25) is 0 Å². The van der Waals surface area contributed by atoms with E-state index in [1.165, 1.54) is 31.2 Å². The third-order valence-corrected chi connectivity index (χ3v) is 6.39. The van der Waals surface area contributed by atoms with Gasteiger partial charge in [0.15, 0.2) is 9.84 Å². The van der Waals surface area contributed by atoms with E-state index >= 15 is 0 Å². The van der Waals surface area contributed by atoms with E-state index < -0.39 is 26.2 Å². The number of rotatable bonds is 4. The van der Waals surface area contributed by atoms with E-state index in [4.69, 9.17) is 0 Å². The van der Waals surface area contributed by atoms with Crippen molar-refractivity contribution in [2.24, 2.45) is 0 Å². The standard InChI is InChI=1S/C14H18FNO3S/c1-11(17)10-20(18,19)14(6-8-16-9-7-14)12-2-4-13(15)5-3-12/h2-5,16H,6-10H2,1H3. The van der Waals surface area contributed by atoms with Crippen LogP contribution in [0.5, 0.6) is 0 Å². The zero-order valence-electron chi connectivity index (χ0n) is 11.4. The second kappa shape index (κ2) is 5.61. The van der Waals surface area contributed by atoms with Crippen molar-refractivity contribution < 1.29 is 17.6 Å². The molecule has 0 spiro atoms. The molecule has 0 radical (unpaired) electrons. The van der Waals surface area contributed by atoms with Crippen molar-refractivity contribution in [3.63, 3.8) is 0 Å². The maximum atomic E-state index is 13.1. The molecule has 0 amide bonds. The molecule has 20 heavy (non-hydrogen) atoms. The number of piperidine rings is 1. The van der Waals surface area contributed by atoms with Crippen molar-refractivity contribution in [3.05, 3.63) is 35.6 Å². The number of ketones is 1. The third kappa shape index (κ3) is 2.76. The third-order valence-electron chi connectivity index (χ3n) is 3.77. The van der Waals surface area contributed by atoms with Crippen molar-refractivity contribution in [1.82, 2.24) is 5.32 Å². The van der Waals surface area contributed by atoms with Gasteiger partial charge in [-0.25, -0.2) is 12.8 Å². The molecule has 0 aromatic heterocycles. The van der Waals surface area contributed by atoms with Crippen LogP contribution in [0.1, 0.15) is 25.3 Å². The summed E-state index contributed by atoms with van der Waals surface area (Å²) in [7, 11) is -3.62. The number of hydrogen-bond acceptors (Lipinski definition) is 4. The summed E-state index contributed by atoms with van der Waals surface area (Å²) >= 11 is 0. The average molecular weight is 299 g/mol. The number of Topliss-reactive ketones (excluding diaryl/α,β-unsaturated/α-hetero) is 1. The number of benzene rings is 1. The fourth-order valence-electron chi connectivity index (χ4n) is 2.77. The van der Waals surface area contributed by atoms with Crippen molar-refractivity contribution in [2.75, 3.05) is 18.8 Å². The number of nitrogens with one attached hydrogen (secondary N) is 1. The van der Waals surface area contributed by atoms with Gasteiger partial charge < -0.3 is 5.32 Å². The number of halogens is 1. The Hall–Kier alpha value is -1.27. The Balaban J connectivity index is 2.50. The van der Waals surface area contributed by atoms with Gasteiger partial charge in [0.2, 0.25) is 0 Å². The Morgan fingerprint density at radius 1 is 1.25 bits per heavy atom. The van der Waals surface area contributed by atoms with Crippen molar-refractivity contribution >= 4 is 15.6 Å². The van der Waals surface area contributed by atoms with Crippen LogP contribution in [0.4, 0.5) is 4.39 Å². The van der Waals surface area contributed by atoms with Gasteiger partial charge in [0.1, 0.15) is 17.4 Å². The maximum Gasteiger partial charge on any atom is 0.167 e. The van der Waals surface area contributed by atoms with E-state index in [-0.39, 0.29) is 5.78 Å². The summed E-state index contributed by atoms with van der Waals surface area (Å²) in [5.74, 6) is -1.24. The molecule has 1 heterocycles. The Morgan fingerprint density at radius 2 is 1.80 bits per heavy atom. The first-order chi connectivity index (χ1) is 9.37. The molecule has 1 aliphatic rings. The highest BCUT2D eigenvalue weighted by Crippen LogP contribution is 2.39. The van der Waals surface area contributed by atoms with Crippen LogP contribution < -0.4 is 5.32 Å². The first-order valence-corrected chi connectivity index (χ1v) is 8.21. The van der Waals surface area contributed by atoms with Gasteiger partial charge in [-0.05, 0) is 50.6 Å². The molecule has 0 atom stereocenters. The lowest BCUT2D eigenvalue weighted by Gasteiger charge is -2.37. The van der Waals surface area contributed by atoms with Gasteiger partial charge in [-0.15, -0.1) is 0 Å². The quantitative estimate of drug-likeness (QED) is 0.913. The second-order valence-electron chi connectivity index (χ2n) is 5.21. The lowest BCUT2D eigenvalue weighted by Crippen LogP contribution is -2.47. The fraction of sp³-hybridized carbons (Fsp3) is 0.500. The van der Waals surface area contributed by atoms with Crippen LogP contribution in [-0.2, 0) is 19.4 Å². The summed E-state index contributed by atoms with van der Waals surface area (Å²) in [5.41, 5.74) is 0.571. The Labute approximate surface area is 118 Å². The Kier molecular flexibility index (Phi) is 4.25. The Bertz CT molecular complexity index is 589. The zero-order valence-corrected chi connectivity index (χ0v) is 12.2. The summed E-state index contributed by atoms with van der Waals surface area (Å²) in [6, 6.07) is 5.56. The normalized spacial score (nSPS) is 18.7. The average Bonchev–Trinajstić information content (AvgIpc) is 2.38. The molecule has 6 heteroatoms. The molecular formula is C14H18FNO3S. The van der Waals surface area contributed by atoms with Gasteiger partial charge in [-0.2, -0.15) is 0 Å². The zero-order chi connectivity index (χ0) is 14.8. The maximum absolute atomic E-state index is 13.1. The van der Waals surface area contributed by atoms with Crippen LogP contribution in [0.3, 0.4) is 0 Å². The topological polar surface area (TPSA) is 63.2 Å². The van der Waals surface area contributed by atoms with E-state index in [1.54, 1.807) is 0 Å². The smallest absolute Gasteiger partial charge is 0.167 e. The molecule has 2 rings (SSSR count). The van der Waals surface area contributed by atoms with Gasteiger partial charge in [0.05, 0.1) is 4.75 Å². The van der Waals surface area contributed by atoms with E-state index in [2.05, 4.69) is 5.32 Å². The monoisotopic (exact) mass is 299 g/mol. The molecule has 4 nitrogen and oxygen atoms in total. The van der Waals surface area contributed by atoms with Crippen LogP contribution in [0.25, 0.3) is 0 Å². The highest BCUT2D eigenvalue weighted by atomic mass is 32.2. The highest BCUT2D eigenvalue weighted by Gasteiger charge is 2.46. The van der Waals surface area contributed by atoms with Crippen LogP contribution in [-0.4, -0.2) is 33.0 Å². The summed E-state index contributed by atoms with van der Waals surface area (Å²) in [6.07, 6.45) is 0.794. The molecule has 0 unspecified atom stereocenters. The predicted octanol–water partition coefficient (Wildman–Crippen LogP) is 1.41. The van der Waals surface area contributed by atoms with Crippen LogP contribution in [0, 0.1) is 5.82 Å². The Morgan fingerprint density at radius 3 is 2.30 bits per heavy atom. The predicted molar refractivity (Wildman–Crippen MR) is 74.6 cm³/mol. The van der Waals surface area contributed by atoms with Gasteiger partial charge >= 0.3 is 0 Å². The molecule has 0 saturated carbocycles. The minimum atomic E-state index is -3.62. The number of sulfone groups is 1. The van der Waals surface area contributed by atoms with Crippen molar-refractivity contribution in [3.8, 4) is 0 Å². The molecule has 1 N–H and O–H groups in total. The minimum Gasteiger partial charge on any atom is -0.317 e. The van der Waals surface area contributed by atoms with Gasteiger partial charge in [-0.1, -0.05) is 12.1 Å². The summed E-state index contributed by atoms with van der Waals surface area (Å²) in [5, 5.41) is 3.12. The lowest BCUT2D eigenvalue weighted by atomic mass is 9.89. The van der Waals surface area contributed by atoms with Crippen molar-refractivity contribution in [1.29, 1.82) is 0 Å². The van der Waals surface area contributed by atoms with E-state index in [0.717, 1.165) is 0 Å². The second-order valence-corrected chi connectivity index (χ2v) is 7.51. The number of carbonyl (C=O) groups is 1. The fourth-order valence-corrected chi connectivity index (χ4v) is 4.90. The molecule has 1 fully saturated rings. The minimum absolute atomic E-state index is 0.370. The van der Waals surface area contributed by atoms with Gasteiger partial charge in [0.25, 0.3) is 0 Å². The highest BCUT2D eigenvalue weighted by molar-refractivity contribution is 7.93.